The van der Waals surface area contributed by atoms with Crippen LogP contribution in [0.25, 0.3) is 11.2 Å². The van der Waals surface area contributed by atoms with Crippen LogP contribution >= 0.6 is 7.82 Å². The largest absolute Gasteiger partial charge is 0.470 e. The Hall–Kier alpha value is -1.66. The summed E-state index contributed by atoms with van der Waals surface area (Å²) in [6.07, 6.45) is -2.52. The summed E-state index contributed by atoms with van der Waals surface area (Å²) in [6, 6.07) is 0. The Morgan fingerprint density at radius 3 is 2.76 bits per heavy atom. The van der Waals surface area contributed by atoms with Crippen LogP contribution in [0.3, 0.4) is 0 Å². The topological polar surface area (TPSA) is 160 Å². The summed E-state index contributed by atoms with van der Waals surface area (Å²) in [4.78, 5) is 34.4. The lowest BCUT2D eigenvalue weighted by atomic mass is 10.1. The number of imidazole rings is 1. The van der Waals surface area contributed by atoms with E-state index >= 15 is 0 Å². The van der Waals surface area contributed by atoms with E-state index in [0.717, 1.165) is 0 Å². The van der Waals surface area contributed by atoms with Crippen molar-refractivity contribution in [2.75, 3.05) is 6.61 Å². The Morgan fingerprint density at radius 2 is 2.16 bits per heavy atom. The molecule has 138 valence electrons. The van der Waals surface area contributed by atoms with E-state index in [-0.39, 0.29) is 16.7 Å². The molecule has 25 heavy (non-hydrogen) atoms. The molecule has 0 saturated carbocycles. The minimum Gasteiger partial charge on any atom is -0.394 e. The molecule has 4 atom stereocenters. The summed E-state index contributed by atoms with van der Waals surface area (Å²) in [6.45, 7) is -0.626. The normalized spacial score (nSPS) is 27.3. The summed E-state index contributed by atoms with van der Waals surface area (Å²) in [5.74, 6) is 0. The first-order chi connectivity index (χ1) is 11.6. The first kappa shape index (κ1) is 18.1. The number of aliphatic hydroxyl groups excluding tert-OH is 2. The third-order valence-electron chi connectivity index (χ3n) is 4.01. The van der Waals surface area contributed by atoms with Gasteiger partial charge in [-0.05, 0) is 0 Å². The van der Waals surface area contributed by atoms with Crippen molar-refractivity contribution in [1.82, 2.24) is 14.1 Å². The third-order valence-corrected chi connectivity index (χ3v) is 4.52. The molecule has 13 heteroatoms. The molecule has 0 radical (unpaired) electrons. The number of phosphoric acid groups is 1. The van der Waals surface area contributed by atoms with Crippen LogP contribution in [0.15, 0.2) is 17.4 Å². The standard InChI is InChI=1S/C12H17N4O8P/c1-14-4-13-10-7(11(14)19)15(2)5-16(10)12-8(18)9(6(3-17)23-12)24-25(20,21)22/h4-6,8-9,12,17-18H,3H2,1-2H3,(H-,20,21,22)/p+1/t6-,8-,9-,12-/m1/s1. The van der Waals surface area contributed by atoms with Gasteiger partial charge in [0.05, 0.1) is 13.7 Å². The molecule has 0 bridgehead atoms. The van der Waals surface area contributed by atoms with Crippen molar-refractivity contribution in [3.05, 3.63) is 23.0 Å². The van der Waals surface area contributed by atoms with Crippen LogP contribution in [-0.4, -0.2) is 59.0 Å². The number of aromatic nitrogens is 4. The highest BCUT2D eigenvalue weighted by molar-refractivity contribution is 7.46. The smallest absolute Gasteiger partial charge is 0.394 e. The summed E-state index contributed by atoms with van der Waals surface area (Å²) >= 11 is 0. The third kappa shape index (κ3) is 3.13. The number of rotatable bonds is 4. The molecule has 1 saturated heterocycles. The average molecular weight is 377 g/mol. The van der Waals surface area contributed by atoms with Gasteiger partial charge in [0.25, 0.3) is 11.2 Å². The molecular weight excluding hydrogens is 359 g/mol. The second-order valence-electron chi connectivity index (χ2n) is 5.77. The van der Waals surface area contributed by atoms with Gasteiger partial charge in [-0.15, -0.1) is 0 Å². The molecule has 4 N–H and O–H groups in total. The van der Waals surface area contributed by atoms with Crippen LogP contribution in [0.2, 0.25) is 0 Å². The van der Waals surface area contributed by atoms with Crippen molar-refractivity contribution in [3.8, 4) is 0 Å². The molecule has 2 aromatic heterocycles. The molecular formula is C12H18N4O8P+. The van der Waals surface area contributed by atoms with E-state index < -0.39 is 39.0 Å². The monoisotopic (exact) mass is 377 g/mol. The van der Waals surface area contributed by atoms with Gasteiger partial charge in [-0.2, -0.15) is 9.55 Å². The average Bonchev–Trinajstić information content (AvgIpc) is 3.00. The number of hydrogen-bond donors (Lipinski definition) is 4. The lowest BCUT2D eigenvalue weighted by Crippen LogP contribution is -2.35. The Morgan fingerprint density at radius 1 is 1.48 bits per heavy atom. The van der Waals surface area contributed by atoms with E-state index in [4.69, 9.17) is 14.5 Å². The molecule has 12 nitrogen and oxygen atoms in total. The van der Waals surface area contributed by atoms with Crippen molar-refractivity contribution < 1.29 is 38.4 Å². The minimum atomic E-state index is -4.91. The summed E-state index contributed by atoms with van der Waals surface area (Å²) < 4.78 is 25.3. The Bertz CT molecular complexity index is 904. The van der Waals surface area contributed by atoms with Gasteiger partial charge in [0.15, 0.2) is 0 Å². The highest BCUT2D eigenvalue weighted by atomic mass is 31.2. The summed E-state index contributed by atoms with van der Waals surface area (Å²) in [5.41, 5.74) is 0.143. The number of fused-ring (bicyclic) bond motifs is 1. The lowest BCUT2D eigenvalue weighted by Gasteiger charge is -2.18. The molecule has 1 aliphatic heterocycles. The van der Waals surface area contributed by atoms with Gasteiger partial charge in [0.1, 0.15) is 24.6 Å². The van der Waals surface area contributed by atoms with E-state index in [1.54, 1.807) is 14.1 Å². The number of aliphatic hydroxyl groups is 2. The zero-order chi connectivity index (χ0) is 18.5. The quantitative estimate of drug-likeness (QED) is 0.328. The number of phosphoric ester groups is 1. The maximum Gasteiger partial charge on any atom is 0.470 e. The highest BCUT2D eigenvalue weighted by Crippen LogP contribution is 2.43. The molecule has 1 fully saturated rings. The predicted molar refractivity (Wildman–Crippen MR) is 80.1 cm³/mol. The molecule has 0 spiro atoms. The maximum absolute atomic E-state index is 12.2. The van der Waals surface area contributed by atoms with Crippen LogP contribution in [0.5, 0.6) is 0 Å². The highest BCUT2D eigenvalue weighted by Gasteiger charge is 2.51. The van der Waals surface area contributed by atoms with Crippen molar-refractivity contribution in [1.29, 1.82) is 0 Å². The van der Waals surface area contributed by atoms with Gasteiger partial charge < -0.3 is 24.7 Å². The van der Waals surface area contributed by atoms with Crippen LogP contribution in [-0.2, 0) is 27.9 Å². The van der Waals surface area contributed by atoms with Crippen molar-refractivity contribution in [3.63, 3.8) is 0 Å². The SMILES string of the molecule is Cn1cnc2c(c1=O)[n+](C)cn2[C@@H]1O[C@H](CO)[C@@H](OP(=O)(O)O)[C@H]1O. The van der Waals surface area contributed by atoms with Crippen molar-refractivity contribution >= 4 is 19.0 Å². The van der Waals surface area contributed by atoms with Gasteiger partial charge in [0.2, 0.25) is 12.6 Å². The molecule has 3 rings (SSSR count). The molecule has 2 aromatic rings. The zero-order valence-electron chi connectivity index (χ0n) is 13.3. The Kier molecular flexibility index (Phi) is 4.54. The van der Waals surface area contributed by atoms with E-state index in [1.807, 2.05) is 0 Å². The Labute approximate surface area is 140 Å². The van der Waals surface area contributed by atoms with Crippen LogP contribution in [0.4, 0.5) is 0 Å². The van der Waals surface area contributed by atoms with E-state index in [0.29, 0.717) is 0 Å². The fraction of sp³-hybridized carbons (Fsp3) is 0.583. The minimum absolute atomic E-state index is 0.211. The first-order valence-corrected chi connectivity index (χ1v) is 8.77. The number of aryl methyl sites for hydroxylation is 2. The number of hydrogen-bond acceptors (Lipinski definition) is 7. The fourth-order valence-electron chi connectivity index (χ4n) is 2.89. The predicted octanol–water partition coefficient (Wildman–Crippen LogP) is -2.71. The fourth-order valence-corrected chi connectivity index (χ4v) is 3.46. The van der Waals surface area contributed by atoms with Gasteiger partial charge in [-0.25, -0.2) is 9.13 Å². The van der Waals surface area contributed by atoms with E-state index in [2.05, 4.69) is 9.51 Å². The van der Waals surface area contributed by atoms with Gasteiger partial charge in [-0.3, -0.25) is 13.9 Å². The molecule has 1 aliphatic rings. The molecule has 0 amide bonds. The second-order valence-corrected chi connectivity index (χ2v) is 6.96. The van der Waals surface area contributed by atoms with Crippen LogP contribution in [0, 0.1) is 0 Å². The molecule has 3 heterocycles. The first-order valence-electron chi connectivity index (χ1n) is 7.24. The van der Waals surface area contributed by atoms with Crippen LogP contribution < -0.4 is 10.1 Å². The van der Waals surface area contributed by atoms with Crippen LogP contribution in [0.1, 0.15) is 6.23 Å². The van der Waals surface area contributed by atoms with Crippen molar-refractivity contribution in [2.24, 2.45) is 14.1 Å². The molecule has 0 aromatic carbocycles. The Balaban J connectivity index is 2.05. The lowest BCUT2D eigenvalue weighted by molar-refractivity contribution is -0.646. The second kappa shape index (κ2) is 6.25. The number of ether oxygens (including phenoxy) is 1. The van der Waals surface area contributed by atoms with Gasteiger partial charge >= 0.3 is 13.4 Å². The van der Waals surface area contributed by atoms with Gasteiger partial charge in [-0.1, -0.05) is 0 Å². The number of nitrogens with zero attached hydrogens (tertiary/aromatic N) is 4. The van der Waals surface area contributed by atoms with E-state index in [1.165, 1.54) is 26.4 Å². The summed E-state index contributed by atoms with van der Waals surface area (Å²) in [5, 5.41) is 19.8. The molecule has 0 unspecified atom stereocenters. The summed E-state index contributed by atoms with van der Waals surface area (Å²) in [7, 11) is -1.76. The molecule has 0 aliphatic carbocycles. The van der Waals surface area contributed by atoms with Gasteiger partial charge in [0, 0.05) is 7.05 Å². The van der Waals surface area contributed by atoms with Crippen molar-refractivity contribution in [2.45, 2.75) is 24.5 Å². The maximum atomic E-state index is 12.2. The zero-order valence-corrected chi connectivity index (χ0v) is 14.2. The van der Waals surface area contributed by atoms with E-state index in [9.17, 15) is 19.6 Å².